The van der Waals surface area contributed by atoms with Crippen LogP contribution in [-0.2, 0) is 14.3 Å². The van der Waals surface area contributed by atoms with Crippen molar-refractivity contribution in [3.63, 3.8) is 0 Å². The molecule has 2 aliphatic heterocycles. The molecule has 8 nitrogen and oxygen atoms in total. The lowest BCUT2D eigenvalue weighted by Gasteiger charge is -2.38. The minimum atomic E-state index is -0.129. The molecular formula is C23H31N5O3. The highest BCUT2D eigenvalue weighted by Gasteiger charge is 2.33. The van der Waals surface area contributed by atoms with E-state index < -0.39 is 0 Å². The normalized spacial score (nSPS) is 20.2. The molecule has 0 bridgehead atoms. The number of amides is 1. The number of likely N-dealkylation sites (tertiary alicyclic amines) is 1. The van der Waals surface area contributed by atoms with Gasteiger partial charge in [-0.25, -0.2) is 15.0 Å². The van der Waals surface area contributed by atoms with Crippen LogP contribution in [-0.4, -0.2) is 64.5 Å². The molecular weight excluding hydrogens is 394 g/mol. The van der Waals surface area contributed by atoms with Crippen LogP contribution in [0.2, 0.25) is 0 Å². The zero-order chi connectivity index (χ0) is 22.0. The van der Waals surface area contributed by atoms with E-state index in [1.165, 1.54) is 0 Å². The molecule has 8 heteroatoms. The van der Waals surface area contributed by atoms with Crippen molar-refractivity contribution in [3.05, 3.63) is 23.7 Å². The van der Waals surface area contributed by atoms with E-state index >= 15 is 0 Å². The molecule has 2 aromatic rings. The Morgan fingerprint density at radius 1 is 1.06 bits per heavy atom. The third-order valence-corrected chi connectivity index (χ3v) is 6.48. The van der Waals surface area contributed by atoms with Gasteiger partial charge in [0.2, 0.25) is 5.91 Å². The number of pyridine rings is 1. The Bertz CT molecular complexity index is 971. The number of nitrogens with zero attached hydrogens (tertiary/aromatic N) is 5. The standard InChI is InChI=1S/C23H31N5O3/c1-4-31-23(30)17-7-10-27(11-8-17)22(29)18-6-5-9-28(14-18)19-12-20-21(24-13-19)26-16(3)15(2)25-20/h12-13,17-18H,4-11,14H2,1-3H3/t18-/m0/s1. The molecule has 0 radical (unpaired) electrons. The van der Waals surface area contributed by atoms with Gasteiger partial charge in [-0.2, -0.15) is 0 Å². The zero-order valence-electron chi connectivity index (χ0n) is 18.6. The molecule has 2 aromatic heterocycles. The van der Waals surface area contributed by atoms with Crippen molar-refractivity contribution >= 4 is 28.7 Å². The molecule has 2 aliphatic rings. The third kappa shape index (κ3) is 4.62. The number of hydrogen-bond donors (Lipinski definition) is 0. The largest absolute Gasteiger partial charge is 0.466 e. The summed E-state index contributed by atoms with van der Waals surface area (Å²) in [7, 11) is 0. The second kappa shape index (κ2) is 9.16. The Morgan fingerprint density at radius 2 is 1.81 bits per heavy atom. The lowest BCUT2D eigenvalue weighted by Crippen LogP contribution is -2.48. The summed E-state index contributed by atoms with van der Waals surface area (Å²) in [5.41, 5.74) is 4.23. The molecule has 31 heavy (non-hydrogen) atoms. The summed E-state index contributed by atoms with van der Waals surface area (Å²) in [4.78, 5) is 42.9. The number of ether oxygens (including phenoxy) is 1. The summed E-state index contributed by atoms with van der Waals surface area (Å²) in [5, 5.41) is 0. The quantitative estimate of drug-likeness (QED) is 0.696. The first kappa shape index (κ1) is 21.5. The molecule has 4 rings (SSSR count). The van der Waals surface area contributed by atoms with Crippen molar-refractivity contribution < 1.29 is 14.3 Å². The molecule has 0 unspecified atom stereocenters. The summed E-state index contributed by atoms with van der Waals surface area (Å²) in [6.07, 6.45) is 5.07. The van der Waals surface area contributed by atoms with Crippen LogP contribution in [0.5, 0.6) is 0 Å². The van der Waals surface area contributed by atoms with E-state index in [1.807, 2.05) is 37.9 Å². The molecule has 0 aromatic carbocycles. The van der Waals surface area contributed by atoms with Crippen LogP contribution in [0.3, 0.4) is 0 Å². The molecule has 0 spiro atoms. The van der Waals surface area contributed by atoms with Crippen molar-refractivity contribution in [1.29, 1.82) is 0 Å². The first-order valence-electron chi connectivity index (χ1n) is 11.3. The molecule has 4 heterocycles. The highest BCUT2D eigenvalue weighted by Crippen LogP contribution is 2.27. The van der Waals surface area contributed by atoms with E-state index in [9.17, 15) is 9.59 Å². The second-order valence-corrected chi connectivity index (χ2v) is 8.57. The lowest BCUT2D eigenvalue weighted by atomic mass is 9.92. The second-order valence-electron chi connectivity index (χ2n) is 8.57. The smallest absolute Gasteiger partial charge is 0.309 e. The molecule has 0 saturated carbocycles. The number of esters is 1. The summed E-state index contributed by atoms with van der Waals surface area (Å²) in [6, 6.07) is 2.03. The summed E-state index contributed by atoms with van der Waals surface area (Å²) in [6.45, 7) is 8.97. The fourth-order valence-electron chi connectivity index (χ4n) is 4.55. The predicted molar refractivity (Wildman–Crippen MR) is 118 cm³/mol. The van der Waals surface area contributed by atoms with Crippen molar-refractivity contribution in [2.45, 2.75) is 46.5 Å². The van der Waals surface area contributed by atoms with Crippen molar-refractivity contribution in [1.82, 2.24) is 19.9 Å². The predicted octanol–water partition coefficient (Wildman–Crippen LogP) is 2.66. The zero-order valence-corrected chi connectivity index (χ0v) is 18.6. The van der Waals surface area contributed by atoms with Crippen LogP contribution in [0.15, 0.2) is 12.3 Å². The Labute approximate surface area is 183 Å². The maximum Gasteiger partial charge on any atom is 0.309 e. The first-order chi connectivity index (χ1) is 15.0. The Morgan fingerprint density at radius 3 is 2.55 bits per heavy atom. The molecule has 166 valence electrons. The number of carbonyl (C=O) groups is 2. The Kier molecular flexibility index (Phi) is 6.34. The van der Waals surface area contributed by atoms with Crippen LogP contribution in [0.4, 0.5) is 5.69 Å². The average molecular weight is 426 g/mol. The Balaban J connectivity index is 1.40. The average Bonchev–Trinajstić information content (AvgIpc) is 2.79. The highest BCUT2D eigenvalue weighted by molar-refractivity contribution is 5.81. The molecule has 2 saturated heterocycles. The lowest BCUT2D eigenvalue weighted by molar-refractivity contribution is -0.151. The first-order valence-corrected chi connectivity index (χ1v) is 11.3. The van der Waals surface area contributed by atoms with Gasteiger partial charge in [0.05, 0.1) is 41.7 Å². The number of piperidine rings is 2. The van der Waals surface area contributed by atoms with Crippen LogP contribution in [0, 0.1) is 25.7 Å². The number of carbonyl (C=O) groups excluding carboxylic acids is 2. The van der Waals surface area contributed by atoms with Gasteiger partial charge >= 0.3 is 5.97 Å². The molecule has 0 N–H and O–H groups in total. The number of anilines is 1. The maximum atomic E-state index is 13.2. The van der Waals surface area contributed by atoms with Crippen molar-refractivity contribution in [3.8, 4) is 0 Å². The summed E-state index contributed by atoms with van der Waals surface area (Å²) >= 11 is 0. The van der Waals surface area contributed by atoms with Crippen molar-refractivity contribution in [2.24, 2.45) is 11.8 Å². The van der Waals surface area contributed by atoms with Gasteiger partial charge in [-0.3, -0.25) is 9.59 Å². The van der Waals surface area contributed by atoms with Crippen LogP contribution in [0.1, 0.15) is 44.0 Å². The fraction of sp³-hybridized carbons (Fsp3) is 0.609. The van der Waals surface area contributed by atoms with E-state index in [0.29, 0.717) is 44.7 Å². The Hall–Kier alpha value is -2.77. The number of fused-ring (bicyclic) bond motifs is 1. The molecule has 1 amide bonds. The van der Waals surface area contributed by atoms with E-state index in [2.05, 4.69) is 19.9 Å². The van der Waals surface area contributed by atoms with Gasteiger partial charge in [0, 0.05) is 26.2 Å². The summed E-state index contributed by atoms with van der Waals surface area (Å²) < 4.78 is 5.14. The topological polar surface area (TPSA) is 88.5 Å². The van der Waals surface area contributed by atoms with Gasteiger partial charge < -0.3 is 14.5 Å². The maximum absolute atomic E-state index is 13.2. The van der Waals surface area contributed by atoms with Gasteiger partial charge in [0.15, 0.2) is 5.65 Å². The van der Waals surface area contributed by atoms with Gasteiger partial charge in [-0.1, -0.05) is 0 Å². The van der Waals surface area contributed by atoms with Gasteiger partial charge in [-0.05, 0) is 52.5 Å². The molecule has 0 aliphatic carbocycles. The number of hydrogen-bond acceptors (Lipinski definition) is 7. The fourth-order valence-corrected chi connectivity index (χ4v) is 4.55. The van der Waals surface area contributed by atoms with Gasteiger partial charge in [0.1, 0.15) is 5.52 Å². The van der Waals surface area contributed by atoms with E-state index in [0.717, 1.165) is 42.0 Å². The number of rotatable bonds is 4. The van der Waals surface area contributed by atoms with Gasteiger partial charge in [0.25, 0.3) is 0 Å². The van der Waals surface area contributed by atoms with E-state index in [-0.39, 0.29) is 23.7 Å². The van der Waals surface area contributed by atoms with Crippen LogP contribution in [0.25, 0.3) is 11.2 Å². The number of aromatic nitrogens is 3. The van der Waals surface area contributed by atoms with E-state index in [4.69, 9.17) is 4.74 Å². The third-order valence-electron chi connectivity index (χ3n) is 6.48. The minimum Gasteiger partial charge on any atom is -0.466 e. The molecule has 2 fully saturated rings. The van der Waals surface area contributed by atoms with Crippen LogP contribution >= 0.6 is 0 Å². The monoisotopic (exact) mass is 425 g/mol. The molecule has 1 atom stereocenters. The minimum absolute atomic E-state index is 0.0329. The van der Waals surface area contributed by atoms with Crippen molar-refractivity contribution in [2.75, 3.05) is 37.7 Å². The number of aryl methyl sites for hydroxylation is 2. The van der Waals surface area contributed by atoms with E-state index in [1.54, 1.807) is 0 Å². The van der Waals surface area contributed by atoms with Gasteiger partial charge in [-0.15, -0.1) is 0 Å². The highest BCUT2D eigenvalue weighted by atomic mass is 16.5. The van der Waals surface area contributed by atoms with Crippen LogP contribution < -0.4 is 4.90 Å². The summed E-state index contributed by atoms with van der Waals surface area (Å²) in [5.74, 6) is -0.0408. The SMILES string of the molecule is CCOC(=O)C1CCN(C(=O)[C@H]2CCCN(c3cnc4nc(C)c(C)nc4c3)C2)CC1.